The molecule has 0 aliphatic rings. The fourth-order valence-electron chi connectivity index (χ4n) is 2.33. The first-order valence-electron chi connectivity index (χ1n) is 7.38. The number of anilines is 1. The van der Waals surface area contributed by atoms with Gasteiger partial charge in [-0.25, -0.2) is 9.07 Å². The number of aryl methyl sites for hydroxylation is 2. The van der Waals surface area contributed by atoms with E-state index in [2.05, 4.69) is 20.6 Å². The fraction of sp³-hybridized carbons (Fsp3) is 0.176. The minimum absolute atomic E-state index is 0.137. The van der Waals surface area contributed by atoms with Gasteiger partial charge < -0.3 is 5.32 Å². The number of amides is 1. The Morgan fingerprint density at radius 3 is 2.71 bits per heavy atom. The predicted octanol–water partition coefficient (Wildman–Crippen LogP) is 2.98. The van der Waals surface area contributed by atoms with Crippen molar-refractivity contribution in [2.75, 3.05) is 5.32 Å². The predicted molar refractivity (Wildman–Crippen MR) is 87.7 cm³/mol. The number of nitrogens with one attached hydrogen (secondary N) is 1. The maximum atomic E-state index is 14.1. The van der Waals surface area contributed by atoms with Crippen molar-refractivity contribution in [2.45, 2.75) is 20.8 Å². The molecule has 1 amide bonds. The summed E-state index contributed by atoms with van der Waals surface area (Å²) in [6, 6.07) is 6.59. The average molecular weight is 325 g/mol. The van der Waals surface area contributed by atoms with E-state index in [1.165, 1.54) is 10.7 Å². The molecule has 0 bridgehead atoms. The topological polar surface area (TPSA) is 72.7 Å². The number of benzene rings is 1. The number of carbonyl (C=O) groups is 1. The van der Waals surface area contributed by atoms with Gasteiger partial charge in [0.05, 0.1) is 17.6 Å². The third-order valence-electron chi connectivity index (χ3n) is 3.73. The van der Waals surface area contributed by atoms with Crippen LogP contribution in [-0.4, -0.2) is 25.9 Å². The molecular formula is C17H16FN5O. The van der Waals surface area contributed by atoms with E-state index in [9.17, 15) is 9.18 Å². The molecule has 0 aliphatic carbocycles. The summed E-state index contributed by atoms with van der Waals surface area (Å²) >= 11 is 0. The van der Waals surface area contributed by atoms with E-state index in [0.717, 1.165) is 11.1 Å². The average Bonchev–Trinajstić information content (AvgIpc) is 2.91. The minimum Gasteiger partial charge on any atom is -0.319 e. The molecule has 0 unspecified atom stereocenters. The van der Waals surface area contributed by atoms with Crippen LogP contribution >= 0.6 is 0 Å². The van der Waals surface area contributed by atoms with Crippen molar-refractivity contribution < 1.29 is 9.18 Å². The first-order valence-corrected chi connectivity index (χ1v) is 7.38. The van der Waals surface area contributed by atoms with Crippen molar-refractivity contribution >= 4 is 11.6 Å². The number of rotatable bonds is 3. The molecule has 1 aromatic carbocycles. The van der Waals surface area contributed by atoms with Crippen molar-refractivity contribution in [1.82, 2.24) is 20.0 Å². The Hall–Kier alpha value is -3.09. The summed E-state index contributed by atoms with van der Waals surface area (Å²) in [6.07, 6.45) is 3.21. The maximum Gasteiger partial charge on any atom is 0.278 e. The Bertz CT molecular complexity index is 919. The molecule has 2 heterocycles. The Balaban J connectivity index is 1.92. The smallest absolute Gasteiger partial charge is 0.278 e. The van der Waals surface area contributed by atoms with E-state index >= 15 is 0 Å². The highest BCUT2D eigenvalue weighted by Gasteiger charge is 2.19. The standard InChI is InChI=1S/C17H16FN5O/c1-10-4-5-15(13(18)8-10)23-12(3)16(21-22-23)17(24)20-14-9-19-7-6-11(14)2/h4-9H,1-3H3,(H,20,24). The molecule has 7 heteroatoms. The second-order valence-electron chi connectivity index (χ2n) is 5.53. The van der Waals surface area contributed by atoms with Crippen molar-refractivity contribution in [3.8, 4) is 5.69 Å². The highest BCUT2D eigenvalue weighted by Crippen LogP contribution is 2.18. The molecule has 6 nitrogen and oxygen atoms in total. The van der Waals surface area contributed by atoms with Crippen LogP contribution in [0.1, 0.15) is 27.3 Å². The summed E-state index contributed by atoms with van der Waals surface area (Å²) in [6.45, 7) is 5.34. The molecule has 3 rings (SSSR count). The van der Waals surface area contributed by atoms with E-state index in [1.54, 1.807) is 44.4 Å². The molecular weight excluding hydrogens is 309 g/mol. The Labute approximate surface area is 138 Å². The largest absolute Gasteiger partial charge is 0.319 e. The summed E-state index contributed by atoms with van der Waals surface area (Å²) in [7, 11) is 0. The molecule has 122 valence electrons. The zero-order chi connectivity index (χ0) is 17.3. The van der Waals surface area contributed by atoms with Gasteiger partial charge in [-0.05, 0) is 50.1 Å². The van der Waals surface area contributed by atoms with Gasteiger partial charge in [0.15, 0.2) is 5.69 Å². The lowest BCUT2D eigenvalue weighted by Crippen LogP contribution is -2.15. The number of hydrogen-bond acceptors (Lipinski definition) is 4. The lowest BCUT2D eigenvalue weighted by atomic mass is 10.2. The van der Waals surface area contributed by atoms with Gasteiger partial charge in [0.25, 0.3) is 5.91 Å². The molecule has 24 heavy (non-hydrogen) atoms. The zero-order valence-corrected chi connectivity index (χ0v) is 13.5. The molecule has 0 saturated carbocycles. The fourth-order valence-corrected chi connectivity index (χ4v) is 2.33. The van der Waals surface area contributed by atoms with E-state index in [1.807, 2.05) is 6.92 Å². The number of nitrogens with zero attached hydrogens (tertiary/aromatic N) is 4. The van der Waals surface area contributed by atoms with Crippen molar-refractivity contribution in [3.63, 3.8) is 0 Å². The van der Waals surface area contributed by atoms with Gasteiger partial charge >= 0.3 is 0 Å². The molecule has 0 spiro atoms. The van der Waals surface area contributed by atoms with Gasteiger partial charge in [0, 0.05) is 6.20 Å². The van der Waals surface area contributed by atoms with Gasteiger partial charge in [-0.1, -0.05) is 11.3 Å². The van der Waals surface area contributed by atoms with Crippen molar-refractivity contribution in [3.05, 3.63) is 65.0 Å². The monoisotopic (exact) mass is 325 g/mol. The zero-order valence-electron chi connectivity index (χ0n) is 13.5. The van der Waals surface area contributed by atoms with Gasteiger partial charge in [-0.15, -0.1) is 5.10 Å². The van der Waals surface area contributed by atoms with E-state index in [4.69, 9.17) is 0 Å². The Morgan fingerprint density at radius 1 is 1.21 bits per heavy atom. The van der Waals surface area contributed by atoms with Gasteiger partial charge in [0.2, 0.25) is 0 Å². The number of hydrogen-bond donors (Lipinski definition) is 1. The molecule has 0 saturated heterocycles. The second kappa shape index (κ2) is 6.19. The summed E-state index contributed by atoms with van der Waals surface area (Å²) < 4.78 is 15.4. The lowest BCUT2D eigenvalue weighted by Gasteiger charge is -2.07. The Morgan fingerprint density at radius 2 is 2.00 bits per heavy atom. The molecule has 0 fully saturated rings. The van der Waals surface area contributed by atoms with Gasteiger partial charge in [-0.2, -0.15) is 0 Å². The normalized spacial score (nSPS) is 10.7. The SMILES string of the molecule is Cc1ccc(-n2nnc(C(=O)Nc3cnccc3C)c2C)c(F)c1. The third-order valence-corrected chi connectivity index (χ3v) is 3.73. The number of pyridine rings is 1. The summed E-state index contributed by atoms with van der Waals surface area (Å²) in [5.74, 6) is -0.833. The van der Waals surface area contributed by atoms with E-state index < -0.39 is 11.7 Å². The minimum atomic E-state index is -0.418. The molecule has 0 radical (unpaired) electrons. The van der Waals surface area contributed by atoms with Crippen LogP contribution in [0.4, 0.5) is 10.1 Å². The summed E-state index contributed by atoms with van der Waals surface area (Å²) in [5.41, 5.74) is 3.13. The summed E-state index contributed by atoms with van der Waals surface area (Å²) in [4.78, 5) is 16.4. The van der Waals surface area contributed by atoms with Crippen LogP contribution in [0.25, 0.3) is 5.69 Å². The first kappa shape index (κ1) is 15.8. The van der Waals surface area contributed by atoms with Crippen LogP contribution in [0.15, 0.2) is 36.7 Å². The maximum absolute atomic E-state index is 14.1. The number of aromatic nitrogens is 4. The van der Waals surface area contributed by atoms with Crippen LogP contribution < -0.4 is 5.32 Å². The van der Waals surface area contributed by atoms with Gasteiger partial charge in [0.1, 0.15) is 11.5 Å². The molecule has 0 aliphatic heterocycles. The number of halogens is 1. The molecule has 3 aromatic rings. The van der Waals surface area contributed by atoms with Crippen LogP contribution in [0.3, 0.4) is 0 Å². The van der Waals surface area contributed by atoms with E-state index in [-0.39, 0.29) is 11.4 Å². The molecule has 0 atom stereocenters. The summed E-state index contributed by atoms with van der Waals surface area (Å²) in [5, 5.41) is 10.6. The Kier molecular flexibility index (Phi) is 4.07. The van der Waals surface area contributed by atoms with Crippen molar-refractivity contribution in [2.24, 2.45) is 0 Å². The highest BCUT2D eigenvalue weighted by atomic mass is 19.1. The second-order valence-corrected chi connectivity index (χ2v) is 5.53. The van der Waals surface area contributed by atoms with Crippen LogP contribution in [-0.2, 0) is 0 Å². The van der Waals surface area contributed by atoms with Crippen LogP contribution in [0, 0.1) is 26.6 Å². The van der Waals surface area contributed by atoms with Crippen LogP contribution in [0.5, 0.6) is 0 Å². The molecule has 1 N–H and O–H groups in total. The molecule has 2 aromatic heterocycles. The lowest BCUT2D eigenvalue weighted by molar-refractivity contribution is 0.102. The van der Waals surface area contributed by atoms with E-state index in [0.29, 0.717) is 11.4 Å². The van der Waals surface area contributed by atoms with Crippen molar-refractivity contribution in [1.29, 1.82) is 0 Å². The quantitative estimate of drug-likeness (QED) is 0.803. The first-order chi connectivity index (χ1) is 11.5. The third kappa shape index (κ3) is 2.88. The number of carbonyl (C=O) groups excluding carboxylic acids is 1. The van der Waals surface area contributed by atoms with Crippen LogP contribution in [0.2, 0.25) is 0 Å². The highest BCUT2D eigenvalue weighted by molar-refractivity contribution is 6.03. The van der Waals surface area contributed by atoms with Gasteiger partial charge in [-0.3, -0.25) is 9.78 Å².